The van der Waals surface area contributed by atoms with Gasteiger partial charge in [0, 0.05) is 0 Å². The summed E-state index contributed by atoms with van der Waals surface area (Å²) in [6.07, 6.45) is -8.83. The molecule has 0 aromatic heterocycles. The van der Waals surface area contributed by atoms with E-state index in [1.54, 1.807) is 6.92 Å². The number of carbonyl (C=O) groups is 1. The molecular formula is C13H18O8S. The lowest BCUT2D eigenvalue weighted by atomic mass is 10.0. The summed E-state index contributed by atoms with van der Waals surface area (Å²) < 4.78 is 24.2. The molecule has 8 nitrogen and oxygen atoms in total. The standard InChI is InChI=1S/C13H18O8S/c1-7-2-4-8(5-3-7)22(20,21)13(19)12(18)11(17)10(16)9(15)6-14/h2-6,9-13,15-19H,1H3. The van der Waals surface area contributed by atoms with E-state index < -0.39 is 39.7 Å². The summed E-state index contributed by atoms with van der Waals surface area (Å²) in [4.78, 5) is 10.0. The van der Waals surface area contributed by atoms with E-state index in [0.717, 1.165) is 5.56 Å². The van der Waals surface area contributed by atoms with Gasteiger partial charge in [0.2, 0.25) is 9.84 Å². The molecule has 0 saturated carbocycles. The number of aldehydes is 1. The molecule has 0 spiro atoms. The SMILES string of the molecule is Cc1ccc(S(=O)(=O)C(O)C(O)C(O)C(O)C(O)C=O)cc1. The quantitative estimate of drug-likeness (QED) is 0.350. The van der Waals surface area contributed by atoms with Crippen LogP contribution in [0.3, 0.4) is 0 Å². The van der Waals surface area contributed by atoms with Crippen LogP contribution in [0.2, 0.25) is 0 Å². The third-order valence-electron chi connectivity index (χ3n) is 3.15. The number of hydrogen-bond acceptors (Lipinski definition) is 8. The first kappa shape index (κ1) is 18.7. The van der Waals surface area contributed by atoms with E-state index in [1.807, 2.05) is 0 Å². The summed E-state index contributed by atoms with van der Waals surface area (Å²) in [6, 6.07) is 5.38. The smallest absolute Gasteiger partial charge is 0.207 e. The van der Waals surface area contributed by atoms with Crippen LogP contribution < -0.4 is 0 Å². The Labute approximate surface area is 127 Å². The van der Waals surface area contributed by atoms with E-state index in [2.05, 4.69) is 0 Å². The molecule has 0 aliphatic heterocycles. The van der Waals surface area contributed by atoms with Crippen LogP contribution in [0.5, 0.6) is 0 Å². The third-order valence-corrected chi connectivity index (χ3v) is 4.99. The van der Waals surface area contributed by atoms with Crippen molar-refractivity contribution in [2.24, 2.45) is 0 Å². The van der Waals surface area contributed by atoms with Crippen molar-refractivity contribution in [1.29, 1.82) is 0 Å². The minimum atomic E-state index is -4.40. The number of benzene rings is 1. The average Bonchev–Trinajstić information content (AvgIpc) is 2.51. The van der Waals surface area contributed by atoms with Gasteiger partial charge in [-0.2, -0.15) is 0 Å². The molecular weight excluding hydrogens is 316 g/mol. The molecule has 5 N–H and O–H groups in total. The highest BCUT2D eigenvalue weighted by atomic mass is 32.2. The van der Waals surface area contributed by atoms with Gasteiger partial charge in [-0.3, -0.25) is 0 Å². The zero-order valence-electron chi connectivity index (χ0n) is 11.6. The van der Waals surface area contributed by atoms with Gasteiger partial charge in [-0.25, -0.2) is 8.42 Å². The number of aliphatic hydroxyl groups is 5. The lowest BCUT2D eigenvalue weighted by Gasteiger charge is -2.27. The Morgan fingerprint density at radius 2 is 1.41 bits per heavy atom. The fraction of sp³-hybridized carbons (Fsp3) is 0.462. The number of sulfone groups is 1. The largest absolute Gasteiger partial charge is 0.387 e. The molecule has 1 aromatic rings. The van der Waals surface area contributed by atoms with E-state index in [1.165, 1.54) is 24.3 Å². The second-order valence-corrected chi connectivity index (χ2v) is 6.89. The molecule has 0 aliphatic rings. The minimum absolute atomic E-state index is 0.0958. The van der Waals surface area contributed by atoms with E-state index in [-0.39, 0.29) is 11.2 Å². The zero-order valence-corrected chi connectivity index (χ0v) is 12.5. The Morgan fingerprint density at radius 3 is 1.86 bits per heavy atom. The number of aliphatic hydroxyl groups excluding tert-OH is 5. The maximum atomic E-state index is 12.1. The predicted octanol–water partition coefficient (Wildman–Crippen LogP) is -2.27. The molecule has 5 unspecified atom stereocenters. The lowest BCUT2D eigenvalue weighted by Crippen LogP contribution is -2.51. The van der Waals surface area contributed by atoms with E-state index in [0.29, 0.717) is 0 Å². The van der Waals surface area contributed by atoms with E-state index >= 15 is 0 Å². The summed E-state index contributed by atoms with van der Waals surface area (Å²) in [5.74, 6) is 0. The predicted molar refractivity (Wildman–Crippen MR) is 74.5 cm³/mol. The van der Waals surface area contributed by atoms with Crippen molar-refractivity contribution in [3.05, 3.63) is 29.8 Å². The van der Waals surface area contributed by atoms with Gasteiger partial charge in [-0.05, 0) is 19.1 Å². The van der Waals surface area contributed by atoms with Crippen LogP contribution in [-0.4, -0.2) is 70.1 Å². The average molecular weight is 334 g/mol. The van der Waals surface area contributed by atoms with Gasteiger partial charge < -0.3 is 30.3 Å². The van der Waals surface area contributed by atoms with Gasteiger partial charge in [-0.1, -0.05) is 17.7 Å². The van der Waals surface area contributed by atoms with E-state index in [9.17, 15) is 33.6 Å². The Balaban J connectivity index is 3.00. The Kier molecular flexibility index (Phi) is 6.17. The monoisotopic (exact) mass is 334 g/mol. The van der Waals surface area contributed by atoms with Gasteiger partial charge in [0.25, 0.3) is 0 Å². The van der Waals surface area contributed by atoms with Crippen molar-refractivity contribution in [3.63, 3.8) is 0 Å². The molecule has 0 radical (unpaired) electrons. The van der Waals surface area contributed by atoms with Gasteiger partial charge >= 0.3 is 0 Å². The van der Waals surface area contributed by atoms with Crippen molar-refractivity contribution in [2.45, 2.75) is 41.7 Å². The van der Waals surface area contributed by atoms with E-state index in [4.69, 9.17) is 5.11 Å². The Hall–Kier alpha value is -1.36. The second kappa shape index (κ2) is 7.27. The maximum absolute atomic E-state index is 12.1. The van der Waals surface area contributed by atoms with Crippen molar-refractivity contribution in [3.8, 4) is 0 Å². The summed E-state index contributed by atoms with van der Waals surface area (Å²) in [7, 11) is -4.40. The zero-order chi connectivity index (χ0) is 17.1. The Morgan fingerprint density at radius 1 is 0.909 bits per heavy atom. The fourth-order valence-electron chi connectivity index (χ4n) is 1.70. The number of rotatable bonds is 7. The molecule has 9 heteroatoms. The van der Waals surface area contributed by atoms with Gasteiger partial charge in [0.15, 0.2) is 11.7 Å². The van der Waals surface area contributed by atoms with Crippen molar-refractivity contribution < 1.29 is 38.7 Å². The van der Waals surface area contributed by atoms with Gasteiger partial charge in [0.05, 0.1) is 4.90 Å². The number of hydrogen-bond donors (Lipinski definition) is 5. The van der Waals surface area contributed by atoms with Crippen molar-refractivity contribution >= 4 is 16.1 Å². The molecule has 5 atom stereocenters. The molecule has 0 heterocycles. The molecule has 0 saturated heterocycles. The first-order valence-electron chi connectivity index (χ1n) is 6.29. The highest BCUT2D eigenvalue weighted by molar-refractivity contribution is 7.92. The molecule has 0 aliphatic carbocycles. The van der Waals surface area contributed by atoms with Crippen molar-refractivity contribution in [1.82, 2.24) is 0 Å². The molecule has 124 valence electrons. The maximum Gasteiger partial charge on any atom is 0.207 e. The third kappa shape index (κ3) is 3.88. The summed E-state index contributed by atoms with van der Waals surface area (Å²) in [5.41, 5.74) is -1.67. The first-order chi connectivity index (χ1) is 10.1. The number of carbonyl (C=O) groups excluding carboxylic acids is 1. The molecule has 0 fully saturated rings. The molecule has 0 amide bonds. The molecule has 1 aromatic carbocycles. The molecule has 1 rings (SSSR count). The summed E-state index contributed by atoms with van der Waals surface area (Å²) >= 11 is 0. The van der Waals surface area contributed by atoms with Crippen LogP contribution >= 0.6 is 0 Å². The fourth-order valence-corrected chi connectivity index (χ4v) is 3.03. The van der Waals surface area contributed by atoms with Crippen LogP contribution in [0.15, 0.2) is 29.2 Å². The minimum Gasteiger partial charge on any atom is -0.387 e. The topological polar surface area (TPSA) is 152 Å². The summed E-state index contributed by atoms with van der Waals surface area (Å²) in [5, 5.41) is 47.5. The second-order valence-electron chi connectivity index (χ2n) is 4.85. The summed E-state index contributed by atoms with van der Waals surface area (Å²) in [6.45, 7) is 1.72. The van der Waals surface area contributed by atoms with Crippen molar-refractivity contribution in [2.75, 3.05) is 0 Å². The van der Waals surface area contributed by atoms with Gasteiger partial charge in [-0.15, -0.1) is 0 Å². The van der Waals surface area contributed by atoms with Crippen LogP contribution in [0.1, 0.15) is 5.56 Å². The molecule has 22 heavy (non-hydrogen) atoms. The Bertz CT molecular complexity index is 597. The van der Waals surface area contributed by atoms with Crippen LogP contribution in [0.25, 0.3) is 0 Å². The lowest BCUT2D eigenvalue weighted by molar-refractivity contribution is -0.138. The highest BCUT2D eigenvalue weighted by Gasteiger charge is 2.40. The van der Waals surface area contributed by atoms with Crippen LogP contribution in [0.4, 0.5) is 0 Å². The molecule has 0 bridgehead atoms. The number of aryl methyl sites for hydroxylation is 1. The van der Waals surface area contributed by atoms with Crippen LogP contribution in [-0.2, 0) is 14.6 Å². The normalized spacial score (nSPS) is 19.0. The van der Waals surface area contributed by atoms with Crippen LogP contribution in [0, 0.1) is 6.92 Å². The first-order valence-corrected chi connectivity index (χ1v) is 7.83. The highest BCUT2D eigenvalue weighted by Crippen LogP contribution is 2.20. The van der Waals surface area contributed by atoms with Gasteiger partial charge in [0.1, 0.15) is 24.4 Å².